The number of rotatable bonds is 7. The number of hydrogen-bond acceptors (Lipinski definition) is 5. The van der Waals surface area contributed by atoms with Gasteiger partial charge in [0.2, 0.25) is 0 Å². The van der Waals surface area contributed by atoms with Crippen molar-refractivity contribution < 1.29 is 41.3 Å². The fraction of sp³-hybridized carbons (Fsp3) is 0.250. The van der Waals surface area contributed by atoms with Gasteiger partial charge in [0.25, 0.3) is 0 Å². The number of benzene rings is 2. The van der Waals surface area contributed by atoms with Crippen molar-refractivity contribution in [3.8, 4) is 17.0 Å². The second kappa shape index (κ2) is 9.65. The highest BCUT2D eigenvalue weighted by Gasteiger charge is 2.38. The number of aromatic nitrogens is 1. The zero-order valence-electron chi connectivity index (χ0n) is 15.9. The van der Waals surface area contributed by atoms with E-state index in [1.807, 2.05) is 0 Å². The highest BCUT2D eigenvalue weighted by Crippen LogP contribution is 2.41. The van der Waals surface area contributed by atoms with Gasteiger partial charge in [0.05, 0.1) is 5.69 Å². The zero-order chi connectivity index (χ0) is 23.6. The molecule has 0 aliphatic heterocycles. The summed E-state index contributed by atoms with van der Waals surface area (Å²) in [6, 6.07) is 5.05. The summed E-state index contributed by atoms with van der Waals surface area (Å²) < 4.78 is 92.0. The lowest BCUT2D eigenvalue weighted by Crippen LogP contribution is -2.10. The molecule has 172 valence electrons. The van der Waals surface area contributed by atoms with E-state index in [1.165, 1.54) is 6.07 Å². The Labute approximate surface area is 186 Å². The summed E-state index contributed by atoms with van der Waals surface area (Å²) in [5.41, 5.74) is -1.16. The summed E-state index contributed by atoms with van der Waals surface area (Å²) in [6.45, 7) is -0.939. The molecule has 0 radical (unpaired) electrons. The van der Waals surface area contributed by atoms with Gasteiger partial charge in [-0.15, -0.1) is 0 Å². The number of ether oxygens (including phenoxy) is 1. The van der Waals surface area contributed by atoms with Gasteiger partial charge < -0.3 is 14.9 Å². The van der Waals surface area contributed by atoms with Crippen LogP contribution in [0, 0.1) is 17.5 Å². The van der Waals surface area contributed by atoms with Gasteiger partial charge in [-0.1, -0.05) is 11.6 Å². The van der Waals surface area contributed by atoms with Crippen LogP contribution in [-0.2, 0) is 19.2 Å². The van der Waals surface area contributed by atoms with Gasteiger partial charge >= 0.3 is 6.18 Å². The van der Waals surface area contributed by atoms with Crippen molar-refractivity contribution in [2.45, 2.75) is 31.9 Å². The first-order valence-electron chi connectivity index (χ1n) is 8.95. The Balaban J connectivity index is 1.94. The van der Waals surface area contributed by atoms with E-state index in [4.69, 9.17) is 26.6 Å². The zero-order valence-corrected chi connectivity index (χ0v) is 17.5. The highest BCUT2D eigenvalue weighted by molar-refractivity contribution is 7.06. The highest BCUT2D eigenvalue weighted by atomic mass is 35.5. The molecule has 0 saturated heterocycles. The van der Waals surface area contributed by atoms with Crippen molar-refractivity contribution >= 4 is 23.1 Å². The fourth-order valence-corrected chi connectivity index (χ4v) is 3.81. The van der Waals surface area contributed by atoms with E-state index in [0.717, 1.165) is 24.3 Å². The third-order valence-corrected chi connectivity index (χ3v) is 5.51. The maximum Gasteiger partial charge on any atom is 0.427 e. The van der Waals surface area contributed by atoms with Gasteiger partial charge in [-0.2, -0.15) is 17.5 Å². The molecule has 0 saturated carbocycles. The van der Waals surface area contributed by atoms with Crippen LogP contribution in [0.15, 0.2) is 30.3 Å². The van der Waals surface area contributed by atoms with E-state index in [2.05, 4.69) is 4.37 Å². The van der Waals surface area contributed by atoms with E-state index in [9.17, 15) is 26.3 Å². The molecular formula is C20H14ClF6NO3S. The second-order valence-corrected chi connectivity index (χ2v) is 7.87. The van der Waals surface area contributed by atoms with Crippen molar-refractivity contribution in [3.05, 3.63) is 68.8 Å². The van der Waals surface area contributed by atoms with Crippen LogP contribution in [0.5, 0.6) is 5.75 Å². The second-order valence-electron chi connectivity index (χ2n) is 6.66. The number of aryl methyl sites for hydroxylation is 1. The lowest BCUT2D eigenvalue weighted by Gasteiger charge is -2.13. The fourth-order valence-electron chi connectivity index (χ4n) is 2.89. The van der Waals surface area contributed by atoms with Crippen LogP contribution in [0.3, 0.4) is 0 Å². The number of alkyl halides is 3. The largest absolute Gasteiger partial charge is 0.483 e. The monoisotopic (exact) mass is 497 g/mol. The van der Waals surface area contributed by atoms with Gasteiger partial charge in [0.15, 0.2) is 23.7 Å². The lowest BCUT2D eigenvalue weighted by molar-refractivity contribution is -0.135. The molecule has 32 heavy (non-hydrogen) atoms. The standard InChI is InChI=1S/C20H14ClF6NO3S/c21-10-2-3-11(13(22)7-10)17-12(19(32-28-17)20(25,26)27)8-31-18-14(23)5-9(6-15(18)24)1-4-16(29)30/h2-3,5-7,16,29-30H,1,4,8H2. The maximum absolute atomic E-state index is 14.3. The van der Waals surface area contributed by atoms with E-state index in [-0.39, 0.29) is 46.2 Å². The van der Waals surface area contributed by atoms with E-state index < -0.39 is 52.7 Å². The summed E-state index contributed by atoms with van der Waals surface area (Å²) in [6.07, 6.45) is -6.76. The molecular weight excluding hydrogens is 484 g/mol. The van der Waals surface area contributed by atoms with Gasteiger partial charge in [-0.05, 0) is 53.8 Å². The molecule has 3 aromatic rings. The first-order valence-corrected chi connectivity index (χ1v) is 10.1. The van der Waals surface area contributed by atoms with Gasteiger partial charge in [0.1, 0.15) is 17.3 Å². The van der Waals surface area contributed by atoms with Crippen LogP contribution in [0.2, 0.25) is 5.02 Å². The molecule has 4 nitrogen and oxygen atoms in total. The van der Waals surface area contributed by atoms with Crippen LogP contribution in [0.25, 0.3) is 11.3 Å². The number of aliphatic hydroxyl groups is 2. The molecule has 0 unspecified atom stereocenters. The molecule has 1 heterocycles. The minimum absolute atomic E-state index is 0.0215. The Hall–Kier alpha value is -2.34. The molecule has 0 aliphatic carbocycles. The van der Waals surface area contributed by atoms with Crippen molar-refractivity contribution in [1.82, 2.24) is 4.37 Å². The molecule has 0 aliphatic rings. The lowest BCUT2D eigenvalue weighted by atomic mass is 10.1. The minimum Gasteiger partial charge on any atom is -0.483 e. The average molecular weight is 498 g/mol. The molecule has 3 rings (SSSR count). The molecule has 2 N–H and O–H groups in total. The van der Waals surface area contributed by atoms with Gasteiger partial charge in [0, 0.05) is 22.6 Å². The molecule has 12 heteroatoms. The summed E-state index contributed by atoms with van der Waals surface area (Å²) >= 11 is 5.73. The molecule has 0 atom stereocenters. The summed E-state index contributed by atoms with van der Waals surface area (Å²) in [4.78, 5) is -1.20. The molecule has 0 amide bonds. The Kier molecular flexibility index (Phi) is 7.33. The van der Waals surface area contributed by atoms with Crippen LogP contribution in [-0.4, -0.2) is 20.9 Å². The molecule has 0 bridgehead atoms. The Bertz CT molecular complexity index is 1100. The van der Waals surface area contributed by atoms with Crippen molar-refractivity contribution in [2.75, 3.05) is 0 Å². The Morgan fingerprint density at radius 3 is 2.25 bits per heavy atom. The van der Waals surface area contributed by atoms with E-state index in [0.29, 0.717) is 0 Å². The first-order chi connectivity index (χ1) is 15.0. The van der Waals surface area contributed by atoms with Crippen LogP contribution < -0.4 is 4.74 Å². The van der Waals surface area contributed by atoms with Crippen molar-refractivity contribution in [1.29, 1.82) is 0 Å². The normalized spacial score (nSPS) is 11.9. The quantitative estimate of drug-likeness (QED) is 0.324. The number of hydrogen-bond donors (Lipinski definition) is 2. The average Bonchev–Trinajstić information content (AvgIpc) is 3.10. The Morgan fingerprint density at radius 1 is 1.03 bits per heavy atom. The molecule has 1 aromatic heterocycles. The minimum atomic E-state index is -4.86. The van der Waals surface area contributed by atoms with E-state index >= 15 is 0 Å². The van der Waals surface area contributed by atoms with E-state index in [1.54, 1.807) is 0 Å². The van der Waals surface area contributed by atoms with Gasteiger partial charge in [-0.3, -0.25) is 0 Å². The molecule has 2 aromatic carbocycles. The SMILES string of the molecule is OC(O)CCc1cc(F)c(OCc2c(-c3ccc(Cl)cc3F)nsc2C(F)(F)F)c(F)c1. The smallest absolute Gasteiger partial charge is 0.427 e. The maximum atomic E-state index is 14.3. The third-order valence-electron chi connectivity index (χ3n) is 4.34. The summed E-state index contributed by atoms with van der Waals surface area (Å²) in [7, 11) is 0. The Morgan fingerprint density at radius 2 is 1.69 bits per heavy atom. The summed E-state index contributed by atoms with van der Waals surface area (Å²) in [5.74, 6) is -4.24. The molecule has 0 fully saturated rings. The van der Waals surface area contributed by atoms with Crippen molar-refractivity contribution in [2.24, 2.45) is 0 Å². The van der Waals surface area contributed by atoms with Crippen molar-refractivity contribution in [3.63, 3.8) is 0 Å². The topological polar surface area (TPSA) is 62.6 Å². The third kappa shape index (κ3) is 5.52. The number of nitrogens with zero attached hydrogens (tertiary/aromatic N) is 1. The predicted molar refractivity (Wildman–Crippen MR) is 105 cm³/mol. The van der Waals surface area contributed by atoms with Crippen LogP contribution in [0.4, 0.5) is 26.3 Å². The number of aliphatic hydroxyl groups excluding tert-OH is 1. The molecule has 0 spiro atoms. The number of halogens is 7. The predicted octanol–water partition coefficient (Wildman–Crippen LogP) is 5.72. The summed E-state index contributed by atoms with van der Waals surface area (Å²) in [5, 5.41) is 17.7. The first kappa shape index (κ1) is 24.3. The van der Waals surface area contributed by atoms with Crippen LogP contribution >= 0.6 is 23.1 Å². The van der Waals surface area contributed by atoms with Crippen LogP contribution in [0.1, 0.15) is 22.4 Å². The van der Waals surface area contributed by atoms with Gasteiger partial charge in [-0.25, -0.2) is 13.2 Å².